The lowest BCUT2D eigenvalue weighted by Crippen LogP contribution is -2.28. The summed E-state index contributed by atoms with van der Waals surface area (Å²) in [6, 6.07) is 2.88. The Bertz CT molecular complexity index is 1450. The zero-order valence-electron chi connectivity index (χ0n) is 20.7. The first-order valence-electron chi connectivity index (χ1n) is 11.0. The van der Waals surface area contributed by atoms with Gasteiger partial charge in [-0.25, -0.2) is 0 Å². The van der Waals surface area contributed by atoms with Crippen LogP contribution in [-0.2, 0) is 18.9 Å². The Kier molecular flexibility index (Phi) is 8.46. The molecule has 16 heteroatoms. The van der Waals surface area contributed by atoms with E-state index in [4.69, 9.17) is 11.1 Å². The number of anilines is 3. The fourth-order valence-electron chi connectivity index (χ4n) is 3.29. The largest absolute Gasteiger partial charge is 0.388 e. The lowest BCUT2D eigenvalue weighted by molar-refractivity contribution is -0.112. The molecule has 3 heterocycles. The van der Waals surface area contributed by atoms with E-state index in [2.05, 4.69) is 59.1 Å². The summed E-state index contributed by atoms with van der Waals surface area (Å²) < 4.78 is 2.93. The van der Waals surface area contributed by atoms with E-state index in [1.54, 1.807) is 24.7 Å². The average Bonchev–Trinajstić information content (AvgIpc) is 3.50. The summed E-state index contributed by atoms with van der Waals surface area (Å²) in [5.74, 6) is -1.75. The van der Waals surface area contributed by atoms with Crippen molar-refractivity contribution in [2.45, 2.75) is 13.3 Å². The monoisotopic (exact) mass is 587 g/mol. The molecule has 0 atom stereocenters. The Hall–Kier alpha value is -4.73. The van der Waals surface area contributed by atoms with Crippen LogP contribution in [0.15, 0.2) is 29.4 Å². The number of rotatable bonds is 10. The van der Waals surface area contributed by atoms with Crippen LogP contribution in [0.2, 0.25) is 0 Å². The van der Waals surface area contributed by atoms with Crippen molar-refractivity contribution in [2.24, 2.45) is 19.8 Å². The van der Waals surface area contributed by atoms with Gasteiger partial charge in [0.15, 0.2) is 11.6 Å². The molecule has 3 aromatic rings. The quantitative estimate of drug-likeness (QED) is 0.104. The van der Waals surface area contributed by atoms with Crippen molar-refractivity contribution < 1.29 is 19.2 Å². The van der Waals surface area contributed by atoms with E-state index < -0.39 is 17.7 Å². The summed E-state index contributed by atoms with van der Waals surface area (Å²) in [7, 11) is 3.18. The summed E-state index contributed by atoms with van der Waals surface area (Å²) in [6.07, 6.45) is 1.79. The minimum absolute atomic E-state index is 0.0360. The van der Waals surface area contributed by atoms with Crippen molar-refractivity contribution in [1.82, 2.24) is 29.9 Å². The number of nitrogens with two attached hydrogens (primary N) is 1. The molecule has 4 amide bonds. The minimum Gasteiger partial charge on any atom is -0.388 e. The Morgan fingerprint density at radius 2 is 1.82 bits per heavy atom. The molecule has 0 aromatic carbocycles. The van der Waals surface area contributed by atoms with Crippen LogP contribution in [0.1, 0.15) is 43.4 Å². The Labute approximate surface area is 224 Å². The molecule has 0 unspecified atom stereocenters. The molecule has 0 aliphatic carbocycles. The van der Waals surface area contributed by atoms with Gasteiger partial charge in [0.05, 0.1) is 16.0 Å². The summed E-state index contributed by atoms with van der Waals surface area (Å²) in [5, 5.41) is 28.3. The fourth-order valence-corrected chi connectivity index (χ4v) is 3.39. The van der Waals surface area contributed by atoms with Crippen LogP contribution in [0.3, 0.4) is 0 Å². The summed E-state index contributed by atoms with van der Waals surface area (Å²) >= 11 is 2.97. The number of H-pyrrole nitrogens is 1. The van der Waals surface area contributed by atoms with Crippen LogP contribution < -0.4 is 27.0 Å². The van der Waals surface area contributed by atoms with Gasteiger partial charge in [-0.3, -0.25) is 34.4 Å². The summed E-state index contributed by atoms with van der Waals surface area (Å²) in [6.45, 7) is 5.28. The molecule has 3 aromatic heterocycles. The van der Waals surface area contributed by atoms with Crippen molar-refractivity contribution in [1.29, 1.82) is 5.41 Å². The van der Waals surface area contributed by atoms with Gasteiger partial charge in [0, 0.05) is 44.9 Å². The fraction of sp³-hybridized carbons (Fsp3) is 0.227. The van der Waals surface area contributed by atoms with Crippen molar-refractivity contribution >= 4 is 62.7 Å². The third-order valence-corrected chi connectivity index (χ3v) is 5.60. The predicted octanol–water partition coefficient (Wildman–Crippen LogP) is 1.20. The topological polar surface area (TPSA) is 218 Å². The van der Waals surface area contributed by atoms with Gasteiger partial charge in [-0.05, 0) is 28.9 Å². The van der Waals surface area contributed by atoms with Crippen molar-refractivity contribution in [3.63, 3.8) is 0 Å². The van der Waals surface area contributed by atoms with Gasteiger partial charge < -0.3 is 31.6 Å². The molecule has 38 heavy (non-hydrogen) atoms. The Morgan fingerprint density at radius 3 is 2.47 bits per heavy atom. The van der Waals surface area contributed by atoms with E-state index in [0.29, 0.717) is 16.9 Å². The minimum atomic E-state index is -0.566. The lowest BCUT2D eigenvalue weighted by Gasteiger charge is -2.04. The van der Waals surface area contributed by atoms with Crippen LogP contribution in [0, 0.1) is 12.3 Å². The van der Waals surface area contributed by atoms with Crippen molar-refractivity contribution in [2.75, 3.05) is 22.5 Å². The number of aryl methyl sites for hydroxylation is 2. The van der Waals surface area contributed by atoms with Crippen molar-refractivity contribution in [3.05, 3.63) is 52.0 Å². The smallest absolute Gasteiger partial charge is 0.275 e. The molecule has 8 N–H and O–H groups in total. The maximum atomic E-state index is 12.8. The second-order valence-corrected chi connectivity index (χ2v) is 9.09. The van der Waals surface area contributed by atoms with E-state index in [9.17, 15) is 19.2 Å². The van der Waals surface area contributed by atoms with Crippen molar-refractivity contribution in [3.8, 4) is 0 Å². The first kappa shape index (κ1) is 27.9. The molecular weight excluding hydrogens is 562 g/mol. The van der Waals surface area contributed by atoms with Gasteiger partial charge in [-0.15, -0.1) is 0 Å². The predicted molar refractivity (Wildman–Crippen MR) is 143 cm³/mol. The molecule has 0 saturated heterocycles. The van der Waals surface area contributed by atoms with Crippen LogP contribution in [0.5, 0.6) is 0 Å². The standard InChI is InChI=1S/C22H26BrN11O4/c1-10-17(22(38)27-12-7-13(33(3)9-12)20(36)26-6-5-15(24)25)30-31-18(10)29-21(37)14-8-16(32-34(14)4)28-19(35)11(2)23/h7-9H,2,5-6H2,1,3-4H3,(H3,24,25)(H,26,36)(H,27,38)(H,28,32,35)(H2,29,30,31,37). The number of carbonyl (C=O) groups is 4. The van der Waals surface area contributed by atoms with E-state index >= 15 is 0 Å². The molecular formula is C22H26BrN11O4. The molecule has 3 rings (SSSR count). The normalized spacial score (nSPS) is 10.5. The zero-order chi connectivity index (χ0) is 28.1. The molecule has 0 aliphatic heterocycles. The van der Waals surface area contributed by atoms with Crippen LogP contribution in [0.25, 0.3) is 0 Å². The van der Waals surface area contributed by atoms with Gasteiger partial charge in [-0.2, -0.15) is 10.2 Å². The highest BCUT2D eigenvalue weighted by molar-refractivity contribution is 9.12. The number of aromatic amines is 1. The highest BCUT2D eigenvalue weighted by Gasteiger charge is 2.21. The molecule has 0 spiro atoms. The zero-order valence-corrected chi connectivity index (χ0v) is 22.3. The molecule has 200 valence electrons. The first-order valence-corrected chi connectivity index (χ1v) is 11.8. The van der Waals surface area contributed by atoms with Gasteiger partial charge in [0.2, 0.25) is 0 Å². The molecule has 0 bridgehead atoms. The third kappa shape index (κ3) is 6.52. The molecule has 0 saturated carbocycles. The lowest BCUT2D eigenvalue weighted by atomic mass is 10.2. The molecule has 0 fully saturated rings. The van der Waals surface area contributed by atoms with E-state index in [0.717, 1.165) is 0 Å². The Balaban J connectivity index is 1.67. The van der Waals surface area contributed by atoms with Gasteiger partial charge >= 0.3 is 0 Å². The number of amides is 4. The second kappa shape index (κ2) is 11.5. The number of nitrogens with one attached hydrogen (secondary N) is 6. The van der Waals surface area contributed by atoms with Gasteiger partial charge in [0.25, 0.3) is 23.6 Å². The molecule has 0 radical (unpaired) electrons. The van der Waals surface area contributed by atoms with E-state index in [-0.39, 0.29) is 52.2 Å². The maximum Gasteiger partial charge on any atom is 0.275 e. The molecule has 15 nitrogen and oxygen atoms in total. The number of aromatic nitrogens is 5. The number of amidine groups is 1. The Morgan fingerprint density at radius 1 is 1.11 bits per heavy atom. The maximum absolute atomic E-state index is 12.8. The molecule has 0 aliphatic rings. The number of carbonyl (C=O) groups excluding carboxylic acids is 4. The average molecular weight is 588 g/mol. The number of nitrogens with zero attached hydrogens (tertiary/aromatic N) is 4. The summed E-state index contributed by atoms with van der Waals surface area (Å²) in [4.78, 5) is 49.7. The second-order valence-electron chi connectivity index (χ2n) is 8.13. The van der Waals surface area contributed by atoms with Gasteiger partial charge in [-0.1, -0.05) is 6.58 Å². The number of hydrogen-bond donors (Lipinski definition) is 7. The van der Waals surface area contributed by atoms with E-state index in [1.807, 2.05) is 0 Å². The van der Waals surface area contributed by atoms with Crippen LogP contribution in [0.4, 0.5) is 17.3 Å². The van der Waals surface area contributed by atoms with E-state index in [1.165, 1.54) is 23.9 Å². The van der Waals surface area contributed by atoms with Crippen LogP contribution >= 0.6 is 15.9 Å². The first-order chi connectivity index (χ1) is 17.9. The third-order valence-electron chi connectivity index (χ3n) is 5.24. The summed E-state index contributed by atoms with van der Waals surface area (Å²) in [5.41, 5.74) is 6.56. The van der Waals surface area contributed by atoms with Gasteiger partial charge in [0.1, 0.15) is 17.1 Å². The highest BCUT2D eigenvalue weighted by atomic mass is 79.9. The SMILES string of the molecule is C=C(Br)C(=O)Nc1cc(C(=O)Nc2n[nH]c(C(=O)Nc3cc(C(=O)NCCC(=N)N)n(C)c3)c2C)n(C)n1. The number of hydrogen-bond acceptors (Lipinski definition) is 7. The highest BCUT2D eigenvalue weighted by Crippen LogP contribution is 2.20. The number of halogens is 1. The van der Waals surface area contributed by atoms with Crippen LogP contribution in [-0.4, -0.2) is 60.6 Å².